The predicted molar refractivity (Wildman–Crippen MR) is 71.8 cm³/mol. The van der Waals surface area contributed by atoms with Crippen LogP contribution in [-0.2, 0) is 14.3 Å². The highest BCUT2D eigenvalue weighted by atomic mass is 16.5. The van der Waals surface area contributed by atoms with Crippen LogP contribution in [-0.4, -0.2) is 36.7 Å². The number of hydrogen-bond acceptors (Lipinski definition) is 3. The minimum Gasteiger partial charge on any atom is -0.481 e. The molecule has 5 heteroatoms. The molecule has 110 valence electrons. The molecule has 1 aliphatic rings. The Labute approximate surface area is 114 Å². The molecule has 0 aliphatic carbocycles. The summed E-state index contributed by atoms with van der Waals surface area (Å²) in [5, 5.41) is 11.9. The zero-order valence-corrected chi connectivity index (χ0v) is 12.1. The maximum absolute atomic E-state index is 12.1. The number of carboxylic acid groups (broad SMARTS) is 1. The van der Waals surface area contributed by atoms with Crippen molar-refractivity contribution in [3.8, 4) is 0 Å². The van der Waals surface area contributed by atoms with Gasteiger partial charge in [0, 0.05) is 13.2 Å². The number of carbonyl (C=O) groups excluding carboxylic acids is 1. The van der Waals surface area contributed by atoms with E-state index in [1.54, 1.807) is 0 Å². The lowest BCUT2D eigenvalue weighted by Gasteiger charge is -2.32. The van der Waals surface area contributed by atoms with Crippen LogP contribution in [0.5, 0.6) is 0 Å². The van der Waals surface area contributed by atoms with Crippen LogP contribution in [0.1, 0.15) is 40.0 Å². The molecule has 2 unspecified atom stereocenters. The quantitative estimate of drug-likeness (QED) is 0.770. The van der Waals surface area contributed by atoms with Crippen LogP contribution < -0.4 is 5.32 Å². The van der Waals surface area contributed by atoms with Gasteiger partial charge in [-0.05, 0) is 32.1 Å². The smallest absolute Gasteiger partial charge is 0.308 e. The van der Waals surface area contributed by atoms with Gasteiger partial charge < -0.3 is 15.2 Å². The molecule has 0 bridgehead atoms. The number of aliphatic carboxylic acids is 1. The third-order valence-electron chi connectivity index (χ3n) is 3.60. The van der Waals surface area contributed by atoms with Gasteiger partial charge in [0.25, 0.3) is 0 Å². The van der Waals surface area contributed by atoms with E-state index in [9.17, 15) is 9.59 Å². The lowest BCUT2D eigenvalue weighted by atomic mass is 9.83. The summed E-state index contributed by atoms with van der Waals surface area (Å²) in [7, 11) is 0. The Morgan fingerprint density at radius 2 is 2.11 bits per heavy atom. The van der Waals surface area contributed by atoms with Gasteiger partial charge in [-0.15, -0.1) is 0 Å². The molecule has 5 nitrogen and oxygen atoms in total. The number of amides is 1. The molecule has 0 aromatic rings. The van der Waals surface area contributed by atoms with Crippen molar-refractivity contribution in [2.45, 2.75) is 40.0 Å². The van der Waals surface area contributed by atoms with Gasteiger partial charge in [0.05, 0.1) is 17.9 Å². The summed E-state index contributed by atoms with van der Waals surface area (Å²) in [5.41, 5.74) is -0.515. The number of hydrogen-bond donors (Lipinski definition) is 2. The molecule has 0 aromatic heterocycles. The molecular weight excluding hydrogens is 246 g/mol. The molecule has 1 amide bonds. The average Bonchev–Trinajstić information content (AvgIpc) is 2.34. The summed E-state index contributed by atoms with van der Waals surface area (Å²) in [6.07, 6.45) is 2.24. The van der Waals surface area contributed by atoms with E-state index in [0.717, 1.165) is 12.8 Å². The van der Waals surface area contributed by atoms with Gasteiger partial charge in [-0.25, -0.2) is 0 Å². The fourth-order valence-electron chi connectivity index (χ4n) is 2.38. The summed E-state index contributed by atoms with van der Waals surface area (Å²) in [6, 6.07) is 0. The van der Waals surface area contributed by atoms with Gasteiger partial charge in [-0.1, -0.05) is 13.8 Å². The third kappa shape index (κ3) is 4.82. The molecule has 1 saturated heterocycles. The van der Waals surface area contributed by atoms with Crippen LogP contribution in [0.15, 0.2) is 0 Å². The normalized spacial score (nSPS) is 25.1. The molecular formula is C14H25NO4. The van der Waals surface area contributed by atoms with Gasteiger partial charge in [0.1, 0.15) is 0 Å². The van der Waals surface area contributed by atoms with Crippen LogP contribution in [0, 0.1) is 17.3 Å². The highest BCUT2D eigenvalue weighted by Crippen LogP contribution is 2.28. The zero-order chi connectivity index (χ0) is 14.5. The average molecular weight is 271 g/mol. The van der Waals surface area contributed by atoms with E-state index in [0.29, 0.717) is 25.6 Å². The zero-order valence-electron chi connectivity index (χ0n) is 12.1. The lowest BCUT2D eigenvalue weighted by molar-refractivity contribution is -0.143. The van der Waals surface area contributed by atoms with Gasteiger partial charge in [0.15, 0.2) is 0 Å². The Kier molecular flexibility index (Phi) is 5.79. The first kappa shape index (κ1) is 16.0. The number of rotatable bonds is 6. The van der Waals surface area contributed by atoms with Crippen LogP contribution in [0.4, 0.5) is 0 Å². The molecule has 0 radical (unpaired) electrons. The van der Waals surface area contributed by atoms with Gasteiger partial charge in [0.2, 0.25) is 5.91 Å². The second-order valence-electron chi connectivity index (χ2n) is 6.09. The largest absolute Gasteiger partial charge is 0.481 e. The highest BCUT2D eigenvalue weighted by Gasteiger charge is 2.35. The lowest BCUT2D eigenvalue weighted by Crippen LogP contribution is -2.46. The second-order valence-corrected chi connectivity index (χ2v) is 6.09. The topological polar surface area (TPSA) is 75.6 Å². The number of carboxylic acids is 1. The molecule has 1 aliphatic heterocycles. The maximum atomic E-state index is 12.1. The summed E-state index contributed by atoms with van der Waals surface area (Å²) < 4.78 is 5.35. The fraction of sp³-hybridized carbons (Fsp3) is 0.857. The predicted octanol–water partition coefficient (Wildman–Crippen LogP) is 1.67. The summed E-state index contributed by atoms with van der Waals surface area (Å²) in [5.74, 6) is -1.16. The molecule has 1 fully saturated rings. The summed E-state index contributed by atoms with van der Waals surface area (Å²) in [6.45, 7) is 7.15. The molecule has 0 aromatic carbocycles. The minimum atomic E-state index is -0.848. The molecule has 0 saturated carbocycles. The molecule has 0 spiro atoms. The molecule has 2 N–H and O–H groups in total. The van der Waals surface area contributed by atoms with Crippen molar-refractivity contribution >= 4 is 11.9 Å². The standard InChI is InChI=1S/C14H25NO4/c1-10(2)7-11(12(16)17)8-15-13(18)14(3)5-4-6-19-9-14/h10-11H,4-9H2,1-3H3,(H,15,18)(H,16,17). The van der Waals surface area contributed by atoms with E-state index >= 15 is 0 Å². The first-order valence-corrected chi connectivity index (χ1v) is 6.94. The minimum absolute atomic E-state index is 0.0952. The van der Waals surface area contributed by atoms with E-state index in [4.69, 9.17) is 9.84 Å². The number of carbonyl (C=O) groups is 2. The van der Waals surface area contributed by atoms with Crippen LogP contribution in [0.2, 0.25) is 0 Å². The highest BCUT2D eigenvalue weighted by molar-refractivity contribution is 5.83. The van der Waals surface area contributed by atoms with E-state index in [1.807, 2.05) is 20.8 Å². The Morgan fingerprint density at radius 1 is 1.42 bits per heavy atom. The molecule has 1 rings (SSSR count). The molecule has 1 heterocycles. The first-order chi connectivity index (χ1) is 8.85. The van der Waals surface area contributed by atoms with Crippen LogP contribution in [0.25, 0.3) is 0 Å². The first-order valence-electron chi connectivity index (χ1n) is 6.94. The summed E-state index contributed by atoms with van der Waals surface area (Å²) in [4.78, 5) is 23.3. The van der Waals surface area contributed by atoms with Crippen LogP contribution >= 0.6 is 0 Å². The Morgan fingerprint density at radius 3 is 2.58 bits per heavy atom. The third-order valence-corrected chi connectivity index (χ3v) is 3.60. The Hall–Kier alpha value is -1.10. The van der Waals surface area contributed by atoms with Gasteiger partial charge >= 0.3 is 5.97 Å². The summed E-state index contributed by atoms with van der Waals surface area (Å²) >= 11 is 0. The van der Waals surface area contributed by atoms with Crippen molar-refractivity contribution in [2.24, 2.45) is 17.3 Å². The molecule has 19 heavy (non-hydrogen) atoms. The molecule has 2 atom stereocenters. The van der Waals surface area contributed by atoms with Crippen molar-refractivity contribution < 1.29 is 19.4 Å². The van der Waals surface area contributed by atoms with Gasteiger partial charge in [-0.3, -0.25) is 9.59 Å². The Balaban J connectivity index is 2.49. The van der Waals surface area contributed by atoms with Crippen molar-refractivity contribution in [3.63, 3.8) is 0 Å². The second kappa shape index (κ2) is 6.89. The van der Waals surface area contributed by atoms with E-state index in [2.05, 4.69) is 5.32 Å². The van der Waals surface area contributed by atoms with Crippen molar-refractivity contribution in [3.05, 3.63) is 0 Å². The fourth-order valence-corrected chi connectivity index (χ4v) is 2.38. The van der Waals surface area contributed by atoms with E-state index in [-0.39, 0.29) is 12.5 Å². The number of ether oxygens (including phenoxy) is 1. The van der Waals surface area contributed by atoms with E-state index < -0.39 is 17.3 Å². The van der Waals surface area contributed by atoms with Crippen LogP contribution in [0.3, 0.4) is 0 Å². The van der Waals surface area contributed by atoms with Gasteiger partial charge in [-0.2, -0.15) is 0 Å². The SMILES string of the molecule is CC(C)CC(CNC(=O)C1(C)CCCOC1)C(=O)O. The monoisotopic (exact) mass is 271 g/mol. The van der Waals surface area contributed by atoms with E-state index in [1.165, 1.54) is 0 Å². The maximum Gasteiger partial charge on any atom is 0.308 e. The Bertz CT molecular complexity index is 321. The van der Waals surface area contributed by atoms with Crippen molar-refractivity contribution in [2.75, 3.05) is 19.8 Å². The van der Waals surface area contributed by atoms with Crippen molar-refractivity contribution in [1.29, 1.82) is 0 Å². The number of nitrogens with one attached hydrogen (secondary N) is 1. The van der Waals surface area contributed by atoms with Crippen molar-refractivity contribution in [1.82, 2.24) is 5.32 Å².